The van der Waals surface area contributed by atoms with Gasteiger partial charge in [0.25, 0.3) is 10.0 Å². The van der Waals surface area contributed by atoms with Crippen LogP contribution in [0.5, 0.6) is 5.75 Å². The SMILES string of the molecule is CCOc1ccc(N(CC(=O)N(Cc2ccc(Cl)cc2)C(CC)C(=O)NC(C)(C)C)S(=O)(=O)c2ccccc2)cc1. The molecule has 0 aliphatic carbocycles. The maximum Gasteiger partial charge on any atom is 0.264 e. The van der Waals surface area contributed by atoms with Crippen LogP contribution in [0, 0.1) is 0 Å². The Kier molecular flexibility index (Phi) is 10.8. The third kappa shape index (κ3) is 8.71. The summed E-state index contributed by atoms with van der Waals surface area (Å²) >= 11 is 6.07. The van der Waals surface area contributed by atoms with E-state index in [9.17, 15) is 18.0 Å². The predicted molar refractivity (Wildman–Crippen MR) is 163 cm³/mol. The van der Waals surface area contributed by atoms with Crippen LogP contribution in [0.25, 0.3) is 0 Å². The topological polar surface area (TPSA) is 96.0 Å². The minimum Gasteiger partial charge on any atom is -0.494 e. The normalized spacial score (nSPS) is 12.3. The Morgan fingerprint density at radius 3 is 2.07 bits per heavy atom. The number of nitrogens with one attached hydrogen (secondary N) is 1. The highest BCUT2D eigenvalue weighted by atomic mass is 35.5. The van der Waals surface area contributed by atoms with Gasteiger partial charge in [-0.2, -0.15) is 0 Å². The first-order valence-electron chi connectivity index (χ1n) is 13.5. The van der Waals surface area contributed by atoms with Crippen molar-refractivity contribution in [1.29, 1.82) is 0 Å². The first kappa shape index (κ1) is 32.0. The van der Waals surface area contributed by atoms with Gasteiger partial charge in [-0.1, -0.05) is 48.9 Å². The molecule has 0 aliphatic rings. The summed E-state index contributed by atoms with van der Waals surface area (Å²) in [6.45, 7) is 9.30. The van der Waals surface area contributed by atoms with Crippen molar-refractivity contribution in [2.75, 3.05) is 17.5 Å². The molecule has 10 heteroatoms. The number of rotatable bonds is 12. The fourth-order valence-electron chi connectivity index (χ4n) is 4.28. The van der Waals surface area contributed by atoms with E-state index in [1.165, 1.54) is 17.0 Å². The number of benzene rings is 3. The van der Waals surface area contributed by atoms with Crippen molar-refractivity contribution in [3.05, 3.63) is 89.4 Å². The average molecular weight is 600 g/mol. The molecule has 0 aromatic heterocycles. The van der Waals surface area contributed by atoms with Gasteiger partial charge in [-0.15, -0.1) is 0 Å². The number of carbonyl (C=O) groups is 2. The maximum atomic E-state index is 14.1. The zero-order chi connectivity index (χ0) is 30.2. The van der Waals surface area contributed by atoms with Crippen LogP contribution >= 0.6 is 11.6 Å². The number of hydrogen-bond donors (Lipinski definition) is 1. The molecule has 1 unspecified atom stereocenters. The van der Waals surface area contributed by atoms with E-state index in [-0.39, 0.29) is 17.3 Å². The molecule has 0 heterocycles. The van der Waals surface area contributed by atoms with E-state index in [0.29, 0.717) is 29.5 Å². The number of amides is 2. The van der Waals surface area contributed by atoms with Gasteiger partial charge in [-0.05, 0) is 88.2 Å². The molecule has 3 rings (SSSR count). The Balaban J connectivity index is 2.05. The van der Waals surface area contributed by atoms with Gasteiger partial charge < -0.3 is 15.0 Å². The van der Waals surface area contributed by atoms with Gasteiger partial charge in [0.1, 0.15) is 18.3 Å². The predicted octanol–water partition coefficient (Wildman–Crippen LogP) is 5.66. The van der Waals surface area contributed by atoms with Crippen LogP contribution in [-0.2, 0) is 26.2 Å². The zero-order valence-corrected chi connectivity index (χ0v) is 25.7. The number of carbonyl (C=O) groups excluding carboxylic acids is 2. The third-order valence-electron chi connectivity index (χ3n) is 6.20. The highest BCUT2D eigenvalue weighted by Crippen LogP contribution is 2.27. The Bertz CT molecular complexity index is 1410. The van der Waals surface area contributed by atoms with E-state index < -0.39 is 34.1 Å². The molecule has 0 aliphatic heterocycles. The monoisotopic (exact) mass is 599 g/mol. The fraction of sp³-hybridized carbons (Fsp3) is 0.355. The molecule has 2 amide bonds. The number of hydrogen-bond acceptors (Lipinski definition) is 5. The molecule has 0 fully saturated rings. The Morgan fingerprint density at radius 2 is 1.54 bits per heavy atom. The van der Waals surface area contributed by atoms with Crippen molar-refractivity contribution in [1.82, 2.24) is 10.2 Å². The highest BCUT2D eigenvalue weighted by Gasteiger charge is 2.34. The van der Waals surface area contributed by atoms with Crippen molar-refractivity contribution in [3.63, 3.8) is 0 Å². The maximum absolute atomic E-state index is 14.1. The molecule has 41 heavy (non-hydrogen) atoms. The number of halogens is 1. The Morgan fingerprint density at radius 1 is 0.927 bits per heavy atom. The quantitative estimate of drug-likeness (QED) is 0.290. The summed E-state index contributed by atoms with van der Waals surface area (Å²) in [7, 11) is -4.14. The number of anilines is 1. The van der Waals surface area contributed by atoms with Crippen LogP contribution in [-0.4, -0.2) is 49.9 Å². The lowest BCUT2D eigenvalue weighted by molar-refractivity contribution is -0.141. The van der Waals surface area contributed by atoms with E-state index in [2.05, 4.69) is 5.32 Å². The fourth-order valence-corrected chi connectivity index (χ4v) is 5.84. The van der Waals surface area contributed by atoms with E-state index in [1.807, 2.05) is 34.6 Å². The van der Waals surface area contributed by atoms with Gasteiger partial charge in [0, 0.05) is 17.1 Å². The second-order valence-electron chi connectivity index (χ2n) is 10.6. The summed E-state index contributed by atoms with van der Waals surface area (Å²) in [4.78, 5) is 29.0. The summed E-state index contributed by atoms with van der Waals surface area (Å²) < 4.78 is 34.4. The van der Waals surface area contributed by atoms with Crippen LogP contribution in [0.1, 0.15) is 46.6 Å². The van der Waals surface area contributed by atoms with Crippen molar-refractivity contribution in [3.8, 4) is 5.75 Å². The molecule has 0 saturated heterocycles. The van der Waals surface area contributed by atoms with Crippen LogP contribution < -0.4 is 14.4 Å². The lowest BCUT2D eigenvalue weighted by Crippen LogP contribution is -2.55. The van der Waals surface area contributed by atoms with Gasteiger partial charge in [0.05, 0.1) is 17.2 Å². The zero-order valence-electron chi connectivity index (χ0n) is 24.1. The molecule has 0 bridgehead atoms. The first-order chi connectivity index (χ1) is 19.4. The van der Waals surface area contributed by atoms with Crippen molar-refractivity contribution in [2.45, 2.75) is 64.1 Å². The third-order valence-corrected chi connectivity index (χ3v) is 8.24. The van der Waals surface area contributed by atoms with Gasteiger partial charge in [0.2, 0.25) is 11.8 Å². The van der Waals surface area contributed by atoms with Gasteiger partial charge in [-0.3, -0.25) is 13.9 Å². The number of ether oxygens (including phenoxy) is 1. The second-order valence-corrected chi connectivity index (χ2v) is 12.9. The molecule has 0 spiro atoms. The second kappa shape index (κ2) is 13.9. The van der Waals surface area contributed by atoms with Gasteiger partial charge in [0.15, 0.2) is 0 Å². The molecule has 0 radical (unpaired) electrons. The number of nitrogens with zero attached hydrogens (tertiary/aromatic N) is 2. The van der Waals surface area contributed by atoms with Gasteiger partial charge >= 0.3 is 0 Å². The van der Waals surface area contributed by atoms with Crippen LogP contribution in [0.3, 0.4) is 0 Å². The Labute approximate surface area is 248 Å². The molecule has 3 aromatic carbocycles. The number of sulfonamides is 1. The summed E-state index contributed by atoms with van der Waals surface area (Å²) in [6, 6.07) is 20.6. The van der Waals surface area contributed by atoms with Crippen LogP contribution in [0.15, 0.2) is 83.8 Å². The summed E-state index contributed by atoms with van der Waals surface area (Å²) in [5.74, 6) is -0.265. The first-order valence-corrected chi connectivity index (χ1v) is 15.3. The van der Waals surface area contributed by atoms with Crippen molar-refractivity contribution < 1.29 is 22.7 Å². The smallest absolute Gasteiger partial charge is 0.264 e. The van der Waals surface area contributed by atoms with E-state index in [0.717, 1.165) is 9.87 Å². The van der Waals surface area contributed by atoms with Crippen molar-refractivity contribution in [2.24, 2.45) is 0 Å². The average Bonchev–Trinajstić information content (AvgIpc) is 2.92. The molecule has 8 nitrogen and oxygen atoms in total. The largest absolute Gasteiger partial charge is 0.494 e. The minimum absolute atomic E-state index is 0.0449. The summed E-state index contributed by atoms with van der Waals surface area (Å²) in [5, 5.41) is 3.50. The minimum atomic E-state index is -4.14. The molecular formula is C31H38ClN3O5S. The molecular weight excluding hydrogens is 562 g/mol. The molecule has 3 aromatic rings. The molecule has 220 valence electrons. The van der Waals surface area contributed by atoms with E-state index >= 15 is 0 Å². The highest BCUT2D eigenvalue weighted by molar-refractivity contribution is 7.92. The lowest BCUT2D eigenvalue weighted by Gasteiger charge is -2.34. The molecule has 0 saturated carbocycles. The van der Waals surface area contributed by atoms with E-state index in [4.69, 9.17) is 16.3 Å². The summed E-state index contributed by atoms with van der Waals surface area (Å²) in [5.41, 5.74) is 0.525. The van der Waals surface area contributed by atoms with Crippen LogP contribution in [0.4, 0.5) is 5.69 Å². The van der Waals surface area contributed by atoms with Gasteiger partial charge in [-0.25, -0.2) is 8.42 Å². The molecule has 1 atom stereocenters. The standard InChI is InChI=1S/C31H38ClN3O5S/c1-6-28(30(37)33-31(3,4)5)34(21-23-13-15-24(32)16-14-23)29(36)22-35(25-17-19-26(20-18-25)40-7-2)41(38,39)27-11-9-8-10-12-27/h8-20,28H,6-7,21-22H2,1-5H3,(H,33,37). The summed E-state index contributed by atoms with van der Waals surface area (Å²) in [6.07, 6.45) is 0.329. The van der Waals surface area contributed by atoms with E-state index in [1.54, 1.807) is 66.7 Å². The van der Waals surface area contributed by atoms with Crippen molar-refractivity contribution >= 4 is 39.1 Å². The molecule has 1 N–H and O–H groups in total. The lowest BCUT2D eigenvalue weighted by atomic mass is 10.1. The Hall–Kier alpha value is -3.56. The van der Waals surface area contributed by atoms with Crippen LogP contribution in [0.2, 0.25) is 5.02 Å².